The molecule has 0 radical (unpaired) electrons. The molecule has 0 saturated carbocycles. The Kier molecular flexibility index (Phi) is 11.2. The number of rotatable bonds is 12. The second-order valence-corrected chi connectivity index (χ2v) is 13.0. The number of anilines is 1. The van der Waals surface area contributed by atoms with Crippen LogP contribution >= 0.6 is 27.5 Å². The van der Waals surface area contributed by atoms with Gasteiger partial charge in [0.15, 0.2) is 0 Å². The number of sulfonamides is 1. The molecule has 7 nitrogen and oxygen atoms in total. The lowest BCUT2D eigenvalue weighted by Crippen LogP contribution is -2.54. The number of hydrogen-bond donors (Lipinski definition) is 1. The largest absolute Gasteiger partial charge is 0.352 e. The SMILES string of the molecule is CC[C@@H](C)NC(=O)[C@@H](Cc1ccccc1)N(Cc1ccccc1Cl)C(=O)CN(c1ccc(Br)c(C)c1)S(C)(=O)=O. The van der Waals surface area contributed by atoms with Crippen molar-refractivity contribution in [3.05, 3.63) is 99.0 Å². The van der Waals surface area contributed by atoms with E-state index in [1.807, 2.05) is 57.2 Å². The highest BCUT2D eigenvalue weighted by Gasteiger charge is 2.33. The van der Waals surface area contributed by atoms with Gasteiger partial charge in [0, 0.05) is 28.5 Å². The second kappa shape index (κ2) is 14.1. The minimum atomic E-state index is -3.84. The Morgan fingerprint density at radius 2 is 1.68 bits per heavy atom. The Labute approximate surface area is 250 Å². The Bertz CT molecular complexity index is 1440. The summed E-state index contributed by atoms with van der Waals surface area (Å²) in [6.07, 6.45) is 2.02. The van der Waals surface area contributed by atoms with Crippen LogP contribution in [0, 0.1) is 6.92 Å². The number of carbonyl (C=O) groups excluding carboxylic acids is 2. The van der Waals surface area contributed by atoms with Gasteiger partial charge in [-0.05, 0) is 61.2 Å². The molecule has 3 rings (SSSR count). The molecule has 10 heteroatoms. The standard InChI is InChI=1S/C30H35BrClN3O4S/c1-5-22(3)33-30(37)28(18-23-11-7-6-8-12-23)34(19-24-13-9-10-14-27(24)32)29(36)20-35(40(4,38)39)25-15-16-26(31)21(2)17-25/h6-17,22,28H,5,18-20H2,1-4H3,(H,33,37)/t22-,28-/m1/s1. The molecule has 0 aliphatic carbocycles. The molecule has 0 aromatic heterocycles. The number of amides is 2. The van der Waals surface area contributed by atoms with E-state index < -0.39 is 28.5 Å². The number of benzene rings is 3. The second-order valence-electron chi connectivity index (χ2n) is 9.84. The zero-order chi connectivity index (χ0) is 29.4. The van der Waals surface area contributed by atoms with Crippen molar-refractivity contribution in [1.29, 1.82) is 0 Å². The minimum absolute atomic E-state index is 0.0287. The summed E-state index contributed by atoms with van der Waals surface area (Å²) in [5.74, 6) is -0.838. The number of nitrogens with one attached hydrogen (secondary N) is 1. The number of nitrogens with zero attached hydrogens (tertiary/aromatic N) is 2. The first-order chi connectivity index (χ1) is 18.9. The number of halogens is 2. The van der Waals surface area contributed by atoms with Crippen molar-refractivity contribution in [2.45, 2.75) is 52.2 Å². The van der Waals surface area contributed by atoms with Crippen LogP contribution in [0.15, 0.2) is 77.3 Å². The van der Waals surface area contributed by atoms with Gasteiger partial charge in [-0.3, -0.25) is 13.9 Å². The van der Waals surface area contributed by atoms with Crippen LogP contribution in [0.1, 0.15) is 37.0 Å². The molecule has 2 atom stereocenters. The maximum absolute atomic E-state index is 14.1. The fourth-order valence-corrected chi connectivity index (χ4v) is 5.49. The van der Waals surface area contributed by atoms with E-state index in [-0.39, 0.29) is 24.9 Å². The van der Waals surface area contributed by atoms with Crippen molar-refractivity contribution in [3.8, 4) is 0 Å². The van der Waals surface area contributed by atoms with Crippen LogP contribution in [0.2, 0.25) is 5.02 Å². The molecule has 3 aromatic carbocycles. The molecule has 3 aromatic rings. The van der Waals surface area contributed by atoms with Crippen molar-refractivity contribution in [2.75, 3.05) is 17.1 Å². The molecule has 0 fully saturated rings. The van der Waals surface area contributed by atoms with Crippen molar-refractivity contribution in [2.24, 2.45) is 0 Å². The van der Waals surface area contributed by atoms with Gasteiger partial charge in [0.1, 0.15) is 12.6 Å². The van der Waals surface area contributed by atoms with Gasteiger partial charge < -0.3 is 10.2 Å². The van der Waals surface area contributed by atoms with E-state index in [1.165, 1.54) is 4.90 Å². The third kappa shape index (κ3) is 8.56. The molecule has 0 spiro atoms. The summed E-state index contributed by atoms with van der Waals surface area (Å²) in [5, 5.41) is 3.46. The molecule has 40 heavy (non-hydrogen) atoms. The summed E-state index contributed by atoms with van der Waals surface area (Å²) < 4.78 is 27.7. The molecule has 0 unspecified atom stereocenters. The highest BCUT2D eigenvalue weighted by Crippen LogP contribution is 2.26. The molecule has 0 aliphatic rings. The lowest BCUT2D eigenvalue weighted by Gasteiger charge is -2.34. The first kappa shape index (κ1) is 31.6. The highest BCUT2D eigenvalue weighted by molar-refractivity contribution is 9.10. The van der Waals surface area contributed by atoms with Gasteiger partial charge in [-0.25, -0.2) is 8.42 Å². The van der Waals surface area contributed by atoms with E-state index in [2.05, 4.69) is 21.2 Å². The van der Waals surface area contributed by atoms with Crippen LogP contribution in [0.5, 0.6) is 0 Å². The lowest BCUT2D eigenvalue weighted by atomic mass is 10.0. The number of aryl methyl sites for hydroxylation is 1. The summed E-state index contributed by atoms with van der Waals surface area (Å²) >= 11 is 9.92. The summed E-state index contributed by atoms with van der Waals surface area (Å²) in [6, 6.07) is 20.6. The molecule has 0 aliphatic heterocycles. The Hall–Kier alpha value is -2.88. The van der Waals surface area contributed by atoms with Gasteiger partial charge in [0.05, 0.1) is 11.9 Å². The Balaban J connectivity index is 2.08. The summed E-state index contributed by atoms with van der Waals surface area (Å²) in [4.78, 5) is 29.3. The topological polar surface area (TPSA) is 86.8 Å². The molecule has 0 heterocycles. The van der Waals surface area contributed by atoms with Crippen molar-refractivity contribution < 1.29 is 18.0 Å². The highest BCUT2D eigenvalue weighted by atomic mass is 79.9. The van der Waals surface area contributed by atoms with Crippen LogP contribution in [0.3, 0.4) is 0 Å². The van der Waals surface area contributed by atoms with E-state index in [9.17, 15) is 18.0 Å². The van der Waals surface area contributed by atoms with E-state index in [4.69, 9.17) is 11.6 Å². The van der Waals surface area contributed by atoms with Gasteiger partial charge in [-0.15, -0.1) is 0 Å². The third-order valence-electron chi connectivity index (χ3n) is 6.68. The fourth-order valence-electron chi connectivity index (χ4n) is 4.20. The fraction of sp³-hybridized carbons (Fsp3) is 0.333. The maximum Gasteiger partial charge on any atom is 0.244 e. The number of carbonyl (C=O) groups is 2. The van der Waals surface area contributed by atoms with Crippen molar-refractivity contribution in [1.82, 2.24) is 10.2 Å². The monoisotopic (exact) mass is 647 g/mol. The first-order valence-corrected chi connectivity index (χ1v) is 16.0. The predicted molar refractivity (Wildman–Crippen MR) is 165 cm³/mol. The molecule has 0 saturated heterocycles. The van der Waals surface area contributed by atoms with Crippen LogP contribution in [-0.4, -0.2) is 50.0 Å². The molecular weight excluding hydrogens is 614 g/mol. The van der Waals surface area contributed by atoms with E-state index in [1.54, 1.807) is 36.4 Å². The molecule has 2 amide bonds. The van der Waals surface area contributed by atoms with Gasteiger partial charge in [0.2, 0.25) is 21.8 Å². The smallest absolute Gasteiger partial charge is 0.244 e. The quantitative estimate of drug-likeness (QED) is 0.272. The third-order valence-corrected chi connectivity index (χ3v) is 9.08. The summed E-state index contributed by atoms with van der Waals surface area (Å²) in [5.41, 5.74) is 2.70. The molecule has 0 bridgehead atoms. The molecule has 214 valence electrons. The van der Waals surface area contributed by atoms with E-state index in [0.29, 0.717) is 22.7 Å². The van der Waals surface area contributed by atoms with Gasteiger partial charge in [0.25, 0.3) is 0 Å². The normalized spacial score (nSPS) is 12.8. The average Bonchev–Trinajstić information content (AvgIpc) is 2.91. The van der Waals surface area contributed by atoms with Crippen molar-refractivity contribution >= 4 is 55.1 Å². The average molecular weight is 649 g/mol. The Morgan fingerprint density at radius 3 is 2.27 bits per heavy atom. The lowest BCUT2D eigenvalue weighted by molar-refractivity contribution is -0.140. The minimum Gasteiger partial charge on any atom is -0.352 e. The van der Waals surface area contributed by atoms with Crippen LogP contribution in [-0.2, 0) is 32.6 Å². The zero-order valence-corrected chi connectivity index (χ0v) is 26.3. The van der Waals surface area contributed by atoms with E-state index in [0.717, 1.165) is 26.2 Å². The van der Waals surface area contributed by atoms with Crippen LogP contribution in [0.4, 0.5) is 5.69 Å². The molecular formula is C30H35BrClN3O4S. The number of hydrogen-bond acceptors (Lipinski definition) is 4. The first-order valence-electron chi connectivity index (χ1n) is 13.0. The molecule has 1 N–H and O–H groups in total. The predicted octanol–water partition coefficient (Wildman–Crippen LogP) is 5.73. The maximum atomic E-state index is 14.1. The van der Waals surface area contributed by atoms with Gasteiger partial charge in [-0.2, -0.15) is 0 Å². The summed E-state index contributed by atoms with van der Waals surface area (Å²) in [7, 11) is -3.84. The van der Waals surface area contributed by atoms with E-state index >= 15 is 0 Å². The van der Waals surface area contributed by atoms with Crippen LogP contribution < -0.4 is 9.62 Å². The van der Waals surface area contributed by atoms with Crippen LogP contribution in [0.25, 0.3) is 0 Å². The van der Waals surface area contributed by atoms with Crippen molar-refractivity contribution in [3.63, 3.8) is 0 Å². The Morgan fingerprint density at radius 1 is 1.02 bits per heavy atom. The summed E-state index contributed by atoms with van der Waals surface area (Å²) in [6.45, 7) is 5.26. The van der Waals surface area contributed by atoms with Gasteiger partial charge >= 0.3 is 0 Å². The zero-order valence-electron chi connectivity index (χ0n) is 23.1. The van der Waals surface area contributed by atoms with Gasteiger partial charge in [-0.1, -0.05) is 83.0 Å².